The minimum absolute atomic E-state index is 0.0478. The summed E-state index contributed by atoms with van der Waals surface area (Å²) in [6, 6.07) is -0.217. The van der Waals surface area contributed by atoms with Gasteiger partial charge in [0.15, 0.2) is 9.84 Å². The van der Waals surface area contributed by atoms with Crippen LogP contribution in [0.3, 0.4) is 0 Å². The van der Waals surface area contributed by atoms with Gasteiger partial charge in [-0.05, 0) is 25.7 Å². The summed E-state index contributed by atoms with van der Waals surface area (Å²) in [4.78, 5) is 12.1. The summed E-state index contributed by atoms with van der Waals surface area (Å²) in [5.74, 6) is 0.286. The van der Waals surface area contributed by atoms with Gasteiger partial charge in [0.05, 0.1) is 16.9 Å². The summed E-state index contributed by atoms with van der Waals surface area (Å²) >= 11 is 0. The smallest absolute Gasteiger partial charge is 0.227 e. The zero-order chi connectivity index (χ0) is 12.5. The highest BCUT2D eigenvalue weighted by atomic mass is 32.2. The molecule has 1 unspecified atom stereocenters. The highest BCUT2D eigenvalue weighted by molar-refractivity contribution is 7.91. The molecule has 0 aromatic carbocycles. The first-order valence-electron chi connectivity index (χ1n) is 6.19. The van der Waals surface area contributed by atoms with Crippen LogP contribution in [-0.2, 0) is 14.6 Å². The van der Waals surface area contributed by atoms with Crippen molar-refractivity contribution >= 4 is 15.7 Å². The van der Waals surface area contributed by atoms with E-state index in [9.17, 15) is 13.2 Å². The van der Waals surface area contributed by atoms with Crippen molar-refractivity contribution in [1.82, 2.24) is 5.32 Å². The lowest BCUT2D eigenvalue weighted by Crippen LogP contribution is -2.54. The fourth-order valence-electron chi connectivity index (χ4n) is 2.60. The van der Waals surface area contributed by atoms with Crippen molar-refractivity contribution in [3.8, 4) is 0 Å². The van der Waals surface area contributed by atoms with Crippen LogP contribution in [0.1, 0.15) is 32.1 Å². The minimum atomic E-state index is -2.96. The van der Waals surface area contributed by atoms with Gasteiger partial charge in [-0.15, -0.1) is 0 Å². The molecule has 1 aliphatic carbocycles. The maximum absolute atomic E-state index is 12.1. The summed E-state index contributed by atoms with van der Waals surface area (Å²) in [7, 11) is -2.96. The topological polar surface area (TPSA) is 89.3 Å². The molecular formula is C11H20N2O3S. The number of nitrogens with one attached hydrogen (secondary N) is 1. The van der Waals surface area contributed by atoms with E-state index in [0.29, 0.717) is 13.0 Å². The average Bonchev–Trinajstić information content (AvgIpc) is 2.14. The van der Waals surface area contributed by atoms with Gasteiger partial charge >= 0.3 is 0 Å². The molecule has 0 bridgehead atoms. The second kappa shape index (κ2) is 4.57. The molecule has 0 aromatic heterocycles. The molecule has 1 amide bonds. The monoisotopic (exact) mass is 260 g/mol. The number of rotatable bonds is 3. The first-order valence-corrected chi connectivity index (χ1v) is 8.01. The molecule has 1 heterocycles. The minimum Gasteiger partial charge on any atom is -0.352 e. The van der Waals surface area contributed by atoms with Gasteiger partial charge in [0.2, 0.25) is 5.91 Å². The van der Waals surface area contributed by atoms with Gasteiger partial charge in [-0.1, -0.05) is 6.42 Å². The van der Waals surface area contributed by atoms with Gasteiger partial charge in [-0.25, -0.2) is 8.42 Å². The molecule has 1 saturated carbocycles. The molecule has 98 valence electrons. The van der Waals surface area contributed by atoms with E-state index in [1.54, 1.807) is 0 Å². The molecule has 17 heavy (non-hydrogen) atoms. The summed E-state index contributed by atoms with van der Waals surface area (Å²) < 4.78 is 22.9. The Labute approximate surface area is 102 Å². The number of carbonyl (C=O) groups excluding carboxylic acids is 1. The summed E-state index contributed by atoms with van der Waals surface area (Å²) in [6.07, 6.45) is 4.09. The number of amides is 1. The van der Waals surface area contributed by atoms with E-state index in [-0.39, 0.29) is 23.5 Å². The van der Waals surface area contributed by atoms with Crippen LogP contribution in [0.15, 0.2) is 0 Å². The third kappa shape index (κ3) is 2.63. The van der Waals surface area contributed by atoms with Crippen molar-refractivity contribution in [2.24, 2.45) is 11.1 Å². The Morgan fingerprint density at radius 1 is 1.35 bits per heavy atom. The molecule has 0 spiro atoms. The van der Waals surface area contributed by atoms with Crippen LogP contribution in [0, 0.1) is 5.41 Å². The van der Waals surface area contributed by atoms with Crippen molar-refractivity contribution in [1.29, 1.82) is 0 Å². The quantitative estimate of drug-likeness (QED) is 0.736. The third-order valence-electron chi connectivity index (χ3n) is 3.98. The van der Waals surface area contributed by atoms with E-state index < -0.39 is 15.3 Å². The van der Waals surface area contributed by atoms with E-state index in [0.717, 1.165) is 25.7 Å². The van der Waals surface area contributed by atoms with Crippen LogP contribution < -0.4 is 11.1 Å². The fraction of sp³-hybridized carbons (Fsp3) is 0.909. The molecule has 0 radical (unpaired) electrons. The molecule has 3 N–H and O–H groups in total. The number of sulfone groups is 1. The van der Waals surface area contributed by atoms with Crippen LogP contribution in [-0.4, -0.2) is 38.4 Å². The molecule has 2 fully saturated rings. The van der Waals surface area contributed by atoms with Gasteiger partial charge in [0.1, 0.15) is 0 Å². The number of hydrogen-bond acceptors (Lipinski definition) is 4. The fourth-order valence-corrected chi connectivity index (χ4v) is 4.24. The van der Waals surface area contributed by atoms with Gasteiger partial charge < -0.3 is 11.1 Å². The number of hydrogen-bond donors (Lipinski definition) is 2. The Morgan fingerprint density at radius 3 is 2.53 bits per heavy atom. The molecule has 1 atom stereocenters. The summed E-state index contributed by atoms with van der Waals surface area (Å²) in [6.45, 7) is 0.359. The van der Waals surface area contributed by atoms with Crippen LogP contribution in [0.25, 0.3) is 0 Å². The van der Waals surface area contributed by atoms with E-state index in [2.05, 4.69) is 5.32 Å². The predicted octanol–water partition coefficient (Wildman–Crippen LogP) is -0.191. The molecule has 5 nitrogen and oxygen atoms in total. The Hall–Kier alpha value is -0.620. The molecular weight excluding hydrogens is 240 g/mol. The predicted molar refractivity (Wildman–Crippen MR) is 65.2 cm³/mol. The standard InChI is InChI=1S/C11H20N2O3S/c12-8-11(4-2-5-11)10(14)13-9-3-1-6-17(15,16)7-9/h9H,1-8,12H2,(H,13,14). The van der Waals surface area contributed by atoms with E-state index in [1.165, 1.54) is 0 Å². The number of carbonyl (C=O) groups is 1. The molecule has 2 rings (SSSR count). The van der Waals surface area contributed by atoms with Crippen LogP contribution in [0.5, 0.6) is 0 Å². The first-order chi connectivity index (χ1) is 7.97. The van der Waals surface area contributed by atoms with Gasteiger partial charge in [0, 0.05) is 12.6 Å². The van der Waals surface area contributed by atoms with Gasteiger partial charge in [-0.3, -0.25) is 4.79 Å². The van der Waals surface area contributed by atoms with Crippen LogP contribution in [0.2, 0.25) is 0 Å². The molecule has 6 heteroatoms. The van der Waals surface area contributed by atoms with Crippen LogP contribution in [0.4, 0.5) is 0 Å². The Bertz CT molecular complexity index is 395. The molecule has 0 aromatic rings. The van der Waals surface area contributed by atoms with Crippen molar-refractivity contribution in [2.45, 2.75) is 38.1 Å². The normalized spacial score (nSPS) is 30.3. The maximum atomic E-state index is 12.1. The Balaban J connectivity index is 1.95. The van der Waals surface area contributed by atoms with Crippen molar-refractivity contribution in [3.05, 3.63) is 0 Å². The maximum Gasteiger partial charge on any atom is 0.227 e. The van der Waals surface area contributed by atoms with Crippen molar-refractivity contribution in [3.63, 3.8) is 0 Å². The van der Waals surface area contributed by atoms with Crippen molar-refractivity contribution in [2.75, 3.05) is 18.1 Å². The molecule has 1 saturated heterocycles. The van der Waals surface area contributed by atoms with Gasteiger partial charge in [-0.2, -0.15) is 0 Å². The average molecular weight is 260 g/mol. The van der Waals surface area contributed by atoms with E-state index in [1.807, 2.05) is 0 Å². The Kier molecular flexibility index (Phi) is 3.45. The highest BCUT2D eigenvalue weighted by Crippen LogP contribution is 2.40. The SMILES string of the molecule is NCC1(C(=O)NC2CCCS(=O)(=O)C2)CCC1. The zero-order valence-corrected chi connectivity index (χ0v) is 10.8. The lowest BCUT2D eigenvalue weighted by atomic mass is 9.68. The van der Waals surface area contributed by atoms with E-state index in [4.69, 9.17) is 5.73 Å². The summed E-state index contributed by atoms with van der Waals surface area (Å²) in [5, 5.41) is 2.87. The van der Waals surface area contributed by atoms with Crippen LogP contribution >= 0.6 is 0 Å². The van der Waals surface area contributed by atoms with E-state index >= 15 is 0 Å². The zero-order valence-electron chi connectivity index (χ0n) is 9.94. The largest absolute Gasteiger partial charge is 0.352 e. The Morgan fingerprint density at radius 2 is 2.06 bits per heavy atom. The highest BCUT2D eigenvalue weighted by Gasteiger charge is 2.43. The van der Waals surface area contributed by atoms with Crippen molar-refractivity contribution < 1.29 is 13.2 Å². The first kappa shape index (κ1) is 12.8. The molecule has 1 aliphatic heterocycles. The summed E-state index contributed by atoms with van der Waals surface area (Å²) in [5.41, 5.74) is 5.23. The molecule has 2 aliphatic rings. The van der Waals surface area contributed by atoms with Gasteiger partial charge in [0.25, 0.3) is 0 Å². The lowest BCUT2D eigenvalue weighted by Gasteiger charge is -2.40. The second-order valence-corrected chi connectivity index (χ2v) is 7.49. The second-order valence-electron chi connectivity index (χ2n) is 5.26. The third-order valence-corrected chi connectivity index (χ3v) is 5.80. The lowest BCUT2D eigenvalue weighted by molar-refractivity contribution is -0.135. The number of nitrogens with two attached hydrogens (primary N) is 1.